The minimum absolute atomic E-state index is 0.714. The maximum absolute atomic E-state index is 8.95. The van der Waals surface area contributed by atoms with Crippen molar-refractivity contribution in [2.45, 2.75) is 0 Å². The van der Waals surface area contributed by atoms with Crippen molar-refractivity contribution in [3.05, 3.63) is 27.3 Å². The zero-order valence-corrected chi connectivity index (χ0v) is 10.3. The summed E-state index contributed by atoms with van der Waals surface area (Å²) >= 11 is 3.79. The number of hydrogen-bond acceptors (Lipinski definition) is 3. The molecule has 0 spiro atoms. The molecule has 2 rings (SSSR count). The first-order valence-corrected chi connectivity index (χ1v) is 5.82. The lowest BCUT2D eigenvalue weighted by atomic mass is 10.1. The van der Waals surface area contributed by atoms with Crippen molar-refractivity contribution < 1.29 is 4.74 Å². The Morgan fingerprint density at radius 1 is 1.50 bits per heavy atom. The third-order valence-corrected chi connectivity index (χ3v) is 4.45. The third kappa shape index (κ3) is 1.37. The van der Waals surface area contributed by atoms with Crippen LogP contribution in [-0.4, -0.2) is 7.11 Å². The van der Waals surface area contributed by atoms with Crippen molar-refractivity contribution in [3.63, 3.8) is 0 Å². The van der Waals surface area contributed by atoms with Gasteiger partial charge in [0, 0.05) is 10.1 Å². The molecule has 0 bridgehead atoms. The second kappa shape index (κ2) is 3.75. The van der Waals surface area contributed by atoms with E-state index in [2.05, 4.69) is 28.7 Å². The molecule has 14 heavy (non-hydrogen) atoms. The largest absolute Gasteiger partial charge is 0.486 e. The Kier molecular flexibility index (Phi) is 2.61. The minimum atomic E-state index is 0.714. The van der Waals surface area contributed by atoms with Gasteiger partial charge in [-0.1, -0.05) is 17.4 Å². The quantitative estimate of drug-likeness (QED) is 0.756. The topological polar surface area (TPSA) is 33.0 Å². The fourth-order valence-corrected chi connectivity index (χ4v) is 3.56. The molecular formula is C10H6INOS. The number of nitrogens with zero attached hydrogens (tertiary/aromatic N) is 1. The van der Waals surface area contributed by atoms with Crippen LogP contribution >= 0.6 is 33.9 Å². The van der Waals surface area contributed by atoms with Crippen LogP contribution in [0.25, 0.3) is 10.1 Å². The highest BCUT2D eigenvalue weighted by Crippen LogP contribution is 2.39. The molecule has 0 aliphatic carbocycles. The van der Waals surface area contributed by atoms with Crippen LogP contribution < -0.4 is 4.74 Å². The summed E-state index contributed by atoms with van der Waals surface area (Å²) in [6, 6.07) is 7.93. The highest BCUT2D eigenvalue weighted by Gasteiger charge is 2.12. The fourth-order valence-electron chi connectivity index (χ4n) is 1.31. The maximum atomic E-state index is 8.95. The maximum Gasteiger partial charge on any atom is 0.188 e. The molecule has 2 nitrogen and oxygen atoms in total. The van der Waals surface area contributed by atoms with Crippen LogP contribution in [0.3, 0.4) is 0 Å². The lowest BCUT2D eigenvalue weighted by molar-refractivity contribution is 0.425. The molecular weight excluding hydrogens is 309 g/mol. The number of thiophene rings is 1. The van der Waals surface area contributed by atoms with E-state index in [0.717, 1.165) is 18.7 Å². The Morgan fingerprint density at radius 2 is 2.29 bits per heavy atom. The molecule has 70 valence electrons. The second-order valence-corrected chi connectivity index (χ2v) is 4.79. The molecule has 1 heterocycles. The molecule has 0 atom stereocenters. The van der Waals surface area contributed by atoms with E-state index in [1.54, 1.807) is 18.4 Å². The van der Waals surface area contributed by atoms with E-state index in [4.69, 9.17) is 10.00 Å². The van der Waals surface area contributed by atoms with Crippen molar-refractivity contribution in [1.29, 1.82) is 5.26 Å². The molecule has 4 heteroatoms. The number of methoxy groups -OCH3 is 1. The average Bonchev–Trinajstić information content (AvgIpc) is 2.55. The highest BCUT2D eigenvalue weighted by atomic mass is 127. The summed E-state index contributed by atoms with van der Waals surface area (Å²) in [5.41, 5.74) is 0.714. The van der Waals surface area contributed by atoms with E-state index in [9.17, 15) is 0 Å². The van der Waals surface area contributed by atoms with Crippen LogP contribution in [0.1, 0.15) is 5.56 Å². The van der Waals surface area contributed by atoms with Gasteiger partial charge in [0.2, 0.25) is 0 Å². The molecule has 0 amide bonds. The zero-order valence-electron chi connectivity index (χ0n) is 7.37. The van der Waals surface area contributed by atoms with Crippen molar-refractivity contribution in [3.8, 4) is 11.1 Å². The summed E-state index contributed by atoms with van der Waals surface area (Å²) < 4.78 is 7.36. The fraction of sp³-hybridized carbons (Fsp3) is 0.100. The van der Waals surface area contributed by atoms with Crippen molar-refractivity contribution in [1.82, 2.24) is 0 Å². The molecule has 0 radical (unpaired) electrons. The molecule has 0 aliphatic rings. The van der Waals surface area contributed by atoms with Crippen LogP contribution in [0.5, 0.6) is 5.06 Å². The van der Waals surface area contributed by atoms with Gasteiger partial charge in [-0.2, -0.15) is 5.26 Å². The Morgan fingerprint density at radius 3 is 2.93 bits per heavy atom. The van der Waals surface area contributed by atoms with E-state index in [0.29, 0.717) is 5.56 Å². The standard InChI is InChI=1S/C10H6INOS/c1-13-10-9(11)8-6(5-12)3-2-4-7(8)14-10/h2-4H,1H3. The lowest BCUT2D eigenvalue weighted by Crippen LogP contribution is -1.81. The number of halogens is 1. The summed E-state index contributed by atoms with van der Waals surface area (Å²) in [4.78, 5) is 0. The highest BCUT2D eigenvalue weighted by molar-refractivity contribution is 14.1. The van der Waals surface area contributed by atoms with Crippen LogP contribution in [0.15, 0.2) is 18.2 Å². The van der Waals surface area contributed by atoms with E-state index < -0.39 is 0 Å². The molecule has 0 saturated carbocycles. The number of nitriles is 1. The first-order valence-electron chi connectivity index (χ1n) is 3.93. The van der Waals surface area contributed by atoms with Crippen molar-refractivity contribution in [2.24, 2.45) is 0 Å². The van der Waals surface area contributed by atoms with Crippen LogP contribution in [0.4, 0.5) is 0 Å². The van der Waals surface area contributed by atoms with Gasteiger partial charge in [-0.05, 0) is 34.7 Å². The first-order chi connectivity index (χ1) is 6.77. The normalized spacial score (nSPS) is 10.1. The Labute approximate surface area is 99.3 Å². The molecule has 2 aromatic rings. The van der Waals surface area contributed by atoms with E-state index in [1.165, 1.54) is 0 Å². The van der Waals surface area contributed by atoms with Crippen molar-refractivity contribution in [2.75, 3.05) is 7.11 Å². The monoisotopic (exact) mass is 315 g/mol. The van der Waals surface area contributed by atoms with Crippen molar-refractivity contribution >= 4 is 44.0 Å². The summed E-state index contributed by atoms with van der Waals surface area (Å²) in [7, 11) is 1.65. The Hall–Kier alpha value is -0.800. The van der Waals surface area contributed by atoms with Gasteiger partial charge < -0.3 is 4.74 Å². The summed E-state index contributed by atoms with van der Waals surface area (Å²) in [6.07, 6.45) is 0. The zero-order chi connectivity index (χ0) is 10.1. The van der Waals surface area contributed by atoms with Crippen LogP contribution in [0.2, 0.25) is 0 Å². The third-order valence-electron chi connectivity index (χ3n) is 1.93. The minimum Gasteiger partial charge on any atom is -0.486 e. The van der Waals surface area contributed by atoms with E-state index in [-0.39, 0.29) is 0 Å². The second-order valence-electron chi connectivity index (χ2n) is 2.70. The van der Waals surface area contributed by atoms with Crippen LogP contribution in [-0.2, 0) is 0 Å². The van der Waals surface area contributed by atoms with Gasteiger partial charge in [-0.3, -0.25) is 0 Å². The molecule has 1 aromatic carbocycles. The average molecular weight is 315 g/mol. The number of rotatable bonds is 1. The van der Waals surface area contributed by atoms with Gasteiger partial charge in [0.25, 0.3) is 0 Å². The van der Waals surface area contributed by atoms with Gasteiger partial charge in [0.15, 0.2) is 5.06 Å². The van der Waals surface area contributed by atoms with Gasteiger partial charge in [0.1, 0.15) is 0 Å². The van der Waals surface area contributed by atoms with E-state index >= 15 is 0 Å². The van der Waals surface area contributed by atoms with Gasteiger partial charge in [-0.25, -0.2) is 0 Å². The number of ether oxygens (including phenoxy) is 1. The van der Waals surface area contributed by atoms with Gasteiger partial charge >= 0.3 is 0 Å². The predicted molar refractivity (Wildman–Crippen MR) is 65.8 cm³/mol. The molecule has 0 aliphatic heterocycles. The SMILES string of the molecule is COc1sc2cccc(C#N)c2c1I. The summed E-state index contributed by atoms with van der Waals surface area (Å²) in [5, 5.41) is 10.8. The summed E-state index contributed by atoms with van der Waals surface area (Å²) in [5.74, 6) is 0. The number of hydrogen-bond donors (Lipinski definition) is 0. The molecule has 0 unspecified atom stereocenters. The summed E-state index contributed by atoms with van der Waals surface area (Å²) in [6.45, 7) is 0. The number of benzene rings is 1. The Balaban J connectivity index is 2.87. The van der Waals surface area contributed by atoms with E-state index in [1.807, 2.05) is 18.2 Å². The first kappa shape index (κ1) is 9.74. The van der Waals surface area contributed by atoms with Gasteiger partial charge in [0.05, 0.1) is 22.3 Å². The molecule has 1 aromatic heterocycles. The predicted octanol–water partition coefficient (Wildman–Crippen LogP) is 3.39. The molecule has 0 N–H and O–H groups in total. The molecule has 0 fully saturated rings. The van der Waals surface area contributed by atoms with Crippen LogP contribution in [0, 0.1) is 14.9 Å². The Bertz CT molecular complexity index is 527. The number of fused-ring (bicyclic) bond motifs is 1. The lowest BCUT2D eigenvalue weighted by Gasteiger charge is -1.94. The van der Waals surface area contributed by atoms with Gasteiger partial charge in [-0.15, -0.1) is 0 Å². The molecule has 0 saturated heterocycles. The smallest absolute Gasteiger partial charge is 0.188 e.